The first kappa shape index (κ1) is 15.5. The van der Waals surface area contributed by atoms with Gasteiger partial charge in [-0.15, -0.1) is 0 Å². The topological polar surface area (TPSA) is 29.1 Å². The molecular weight excluding hydrogens is 198 g/mol. The largest absolute Gasteiger partial charge is 0.356 e. The van der Waals surface area contributed by atoms with Crippen LogP contribution < -0.4 is 5.32 Å². The van der Waals surface area contributed by atoms with Gasteiger partial charge in [0.15, 0.2) is 0 Å². The van der Waals surface area contributed by atoms with Crippen LogP contribution in [0.5, 0.6) is 0 Å². The van der Waals surface area contributed by atoms with Crippen molar-refractivity contribution in [2.24, 2.45) is 11.3 Å². The first-order valence-corrected chi connectivity index (χ1v) is 6.68. The van der Waals surface area contributed by atoms with Crippen molar-refractivity contribution in [1.82, 2.24) is 5.32 Å². The number of nitrogens with one attached hydrogen (secondary N) is 1. The minimum absolute atomic E-state index is 0.206. The summed E-state index contributed by atoms with van der Waals surface area (Å²) in [5.41, 5.74) is -0.223. The second kappa shape index (κ2) is 7.70. The van der Waals surface area contributed by atoms with E-state index >= 15 is 0 Å². The summed E-state index contributed by atoms with van der Waals surface area (Å²) < 4.78 is 0. The van der Waals surface area contributed by atoms with Crippen LogP contribution in [-0.4, -0.2) is 12.5 Å². The number of carbonyl (C=O) groups is 1. The summed E-state index contributed by atoms with van der Waals surface area (Å²) in [6.07, 6.45) is 5.80. The van der Waals surface area contributed by atoms with Gasteiger partial charge in [-0.1, -0.05) is 53.9 Å². The van der Waals surface area contributed by atoms with Gasteiger partial charge in [0.05, 0.1) is 0 Å². The number of hydrogen-bond acceptors (Lipinski definition) is 1. The summed E-state index contributed by atoms with van der Waals surface area (Å²) in [6, 6.07) is 0. The molecule has 0 unspecified atom stereocenters. The zero-order chi connectivity index (χ0) is 12.6. The normalized spacial score (nSPS) is 11.9. The Hall–Kier alpha value is -0.530. The predicted molar refractivity (Wildman–Crippen MR) is 70.4 cm³/mol. The molecule has 0 radical (unpaired) electrons. The number of unbranched alkanes of at least 4 members (excludes halogenated alkanes) is 3. The summed E-state index contributed by atoms with van der Waals surface area (Å²) in [6.45, 7) is 11.4. The summed E-state index contributed by atoms with van der Waals surface area (Å²) in [7, 11) is 0. The molecule has 0 heterocycles. The van der Waals surface area contributed by atoms with Crippen LogP contribution in [0.15, 0.2) is 0 Å². The Kier molecular flexibility index (Phi) is 7.44. The molecule has 0 fully saturated rings. The van der Waals surface area contributed by atoms with Gasteiger partial charge in [0.2, 0.25) is 5.91 Å². The molecule has 16 heavy (non-hydrogen) atoms. The summed E-state index contributed by atoms with van der Waals surface area (Å²) in [5.74, 6) is 0.776. The molecular formula is C14H29NO. The molecule has 0 saturated carbocycles. The highest BCUT2D eigenvalue weighted by atomic mass is 16.2. The zero-order valence-electron chi connectivity index (χ0n) is 11.7. The van der Waals surface area contributed by atoms with Crippen molar-refractivity contribution in [1.29, 1.82) is 0 Å². The lowest BCUT2D eigenvalue weighted by Crippen LogP contribution is -2.38. The van der Waals surface area contributed by atoms with Crippen LogP contribution in [0.25, 0.3) is 0 Å². The van der Waals surface area contributed by atoms with E-state index in [0.29, 0.717) is 5.92 Å². The highest BCUT2D eigenvalue weighted by molar-refractivity contribution is 5.81. The minimum atomic E-state index is -0.223. The molecule has 0 aliphatic rings. The van der Waals surface area contributed by atoms with Crippen LogP contribution in [0.1, 0.15) is 66.7 Å². The van der Waals surface area contributed by atoms with E-state index in [0.717, 1.165) is 19.4 Å². The molecule has 1 N–H and O–H groups in total. The SMILES string of the molecule is CCCCCCNC(=O)C(C)(C)CC(C)C. The van der Waals surface area contributed by atoms with Gasteiger partial charge >= 0.3 is 0 Å². The van der Waals surface area contributed by atoms with E-state index in [4.69, 9.17) is 0 Å². The molecule has 96 valence electrons. The van der Waals surface area contributed by atoms with Crippen molar-refractivity contribution in [2.45, 2.75) is 66.7 Å². The fraction of sp³-hybridized carbons (Fsp3) is 0.929. The van der Waals surface area contributed by atoms with Crippen molar-refractivity contribution in [2.75, 3.05) is 6.54 Å². The highest BCUT2D eigenvalue weighted by Gasteiger charge is 2.27. The van der Waals surface area contributed by atoms with Crippen molar-refractivity contribution in [3.05, 3.63) is 0 Å². The maximum atomic E-state index is 11.9. The zero-order valence-corrected chi connectivity index (χ0v) is 11.7. The standard InChI is InChI=1S/C14H29NO/c1-6-7-8-9-10-15-13(16)14(4,5)11-12(2)3/h12H,6-11H2,1-5H3,(H,15,16). The molecule has 2 heteroatoms. The molecule has 0 spiro atoms. The Morgan fingerprint density at radius 1 is 1.19 bits per heavy atom. The second-order valence-corrected chi connectivity index (χ2v) is 5.80. The van der Waals surface area contributed by atoms with Crippen LogP contribution in [0, 0.1) is 11.3 Å². The number of amides is 1. The van der Waals surface area contributed by atoms with Gasteiger partial charge in [-0.25, -0.2) is 0 Å². The molecule has 0 saturated heterocycles. The van der Waals surface area contributed by atoms with E-state index in [1.165, 1.54) is 19.3 Å². The summed E-state index contributed by atoms with van der Waals surface area (Å²) in [4.78, 5) is 11.9. The lowest BCUT2D eigenvalue weighted by atomic mass is 9.83. The van der Waals surface area contributed by atoms with E-state index < -0.39 is 0 Å². The molecule has 0 rings (SSSR count). The summed E-state index contributed by atoms with van der Waals surface area (Å²) >= 11 is 0. The highest BCUT2D eigenvalue weighted by Crippen LogP contribution is 2.25. The quantitative estimate of drug-likeness (QED) is 0.629. The van der Waals surface area contributed by atoms with Crippen LogP contribution in [0.3, 0.4) is 0 Å². The Morgan fingerprint density at radius 2 is 1.81 bits per heavy atom. The Bertz CT molecular complexity index is 197. The van der Waals surface area contributed by atoms with Gasteiger partial charge in [-0.2, -0.15) is 0 Å². The van der Waals surface area contributed by atoms with Crippen molar-refractivity contribution in [3.63, 3.8) is 0 Å². The van der Waals surface area contributed by atoms with E-state index in [2.05, 4.69) is 26.1 Å². The molecule has 0 aromatic carbocycles. The van der Waals surface area contributed by atoms with Gasteiger partial charge in [0.1, 0.15) is 0 Å². The van der Waals surface area contributed by atoms with Crippen molar-refractivity contribution in [3.8, 4) is 0 Å². The fourth-order valence-electron chi connectivity index (χ4n) is 2.11. The third-order valence-corrected chi connectivity index (χ3v) is 2.85. The minimum Gasteiger partial charge on any atom is -0.356 e. The molecule has 0 atom stereocenters. The van der Waals surface area contributed by atoms with Gasteiger partial charge in [-0.05, 0) is 18.8 Å². The predicted octanol–water partition coefficient (Wildman–Crippen LogP) is 3.76. The molecule has 0 aromatic heterocycles. The number of hydrogen-bond donors (Lipinski definition) is 1. The first-order chi connectivity index (χ1) is 7.40. The first-order valence-electron chi connectivity index (χ1n) is 6.68. The molecule has 0 bridgehead atoms. The van der Waals surface area contributed by atoms with Crippen LogP contribution in [-0.2, 0) is 4.79 Å². The van der Waals surface area contributed by atoms with Crippen LogP contribution in [0.4, 0.5) is 0 Å². The maximum Gasteiger partial charge on any atom is 0.225 e. The van der Waals surface area contributed by atoms with E-state index in [-0.39, 0.29) is 11.3 Å². The van der Waals surface area contributed by atoms with Gasteiger partial charge in [-0.3, -0.25) is 4.79 Å². The molecule has 0 aliphatic heterocycles. The third-order valence-electron chi connectivity index (χ3n) is 2.85. The molecule has 0 aromatic rings. The number of rotatable bonds is 8. The molecule has 0 aliphatic carbocycles. The maximum absolute atomic E-state index is 11.9. The van der Waals surface area contributed by atoms with E-state index in [9.17, 15) is 4.79 Å². The lowest BCUT2D eigenvalue weighted by Gasteiger charge is -2.25. The smallest absolute Gasteiger partial charge is 0.225 e. The average Bonchev–Trinajstić information content (AvgIpc) is 2.15. The van der Waals surface area contributed by atoms with Crippen molar-refractivity contribution < 1.29 is 4.79 Å². The monoisotopic (exact) mass is 227 g/mol. The van der Waals surface area contributed by atoms with Crippen LogP contribution >= 0.6 is 0 Å². The van der Waals surface area contributed by atoms with Crippen molar-refractivity contribution >= 4 is 5.91 Å². The third kappa shape index (κ3) is 6.86. The number of carbonyl (C=O) groups excluding carboxylic acids is 1. The second-order valence-electron chi connectivity index (χ2n) is 5.80. The van der Waals surface area contributed by atoms with E-state index in [1.807, 2.05) is 13.8 Å². The van der Waals surface area contributed by atoms with E-state index in [1.54, 1.807) is 0 Å². The van der Waals surface area contributed by atoms with Crippen LogP contribution in [0.2, 0.25) is 0 Å². The van der Waals surface area contributed by atoms with Gasteiger partial charge < -0.3 is 5.32 Å². The Morgan fingerprint density at radius 3 is 2.31 bits per heavy atom. The lowest BCUT2D eigenvalue weighted by molar-refractivity contribution is -0.130. The van der Waals surface area contributed by atoms with Gasteiger partial charge in [0.25, 0.3) is 0 Å². The van der Waals surface area contributed by atoms with Gasteiger partial charge in [0, 0.05) is 12.0 Å². The Balaban J connectivity index is 3.78. The molecule has 1 amide bonds. The molecule has 2 nitrogen and oxygen atoms in total. The summed E-state index contributed by atoms with van der Waals surface area (Å²) in [5, 5.41) is 3.05. The Labute approximate surface area is 101 Å². The fourth-order valence-corrected chi connectivity index (χ4v) is 2.11. The average molecular weight is 227 g/mol.